The van der Waals surface area contributed by atoms with E-state index in [4.69, 9.17) is 18.9 Å². The number of aromatic nitrogens is 2. The molecular formula is C47H32F10N4O6S2. The van der Waals surface area contributed by atoms with Crippen LogP contribution in [0.1, 0.15) is 37.4 Å². The van der Waals surface area contributed by atoms with Gasteiger partial charge in [-0.1, -0.05) is 46.9 Å². The Bertz CT molecular complexity index is 3120. The molecule has 0 N–H and O–H groups in total. The summed E-state index contributed by atoms with van der Waals surface area (Å²) < 4.78 is 157. The second-order valence-corrected chi connectivity index (χ2v) is 16.3. The molecule has 0 fully saturated rings. The fraction of sp³-hybridized carbons (Fsp3) is 0.149. The van der Waals surface area contributed by atoms with Crippen molar-refractivity contribution in [3.05, 3.63) is 155 Å². The molecule has 0 bridgehead atoms. The van der Waals surface area contributed by atoms with Crippen LogP contribution in [0.15, 0.2) is 121 Å². The summed E-state index contributed by atoms with van der Waals surface area (Å²) in [6.45, 7) is 0. The summed E-state index contributed by atoms with van der Waals surface area (Å²) in [5, 5.41) is 0.231. The Morgan fingerprint density at radius 3 is 1.28 bits per heavy atom. The predicted molar refractivity (Wildman–Crippen MR) is 239 cm³/mol. The third-order valence-corrected chi connectivity index (χ3v) is 12.1. The smallest absolute Gasteiger partial charge is 0.417 e. The molecule has 0 aliphatic rings. The number of fused-ring (bicyclic) bond motifs is 2. The van der Waals surface area contributed by atoms with E-state index in [1.807, 2.05) is 12.1 Å². The highest BCUT2D eigenvalue weighted by atomic mass is 32.1. The van der Waals surface area contributed by atoms with Gasteiger partial charge in [-0.05, 0) is 84.9 Å². The van der Waals surface area contributed by atoms with Crippen LogP contribution < -0.4 is 28.7 Å². The Morgan fingerprint density at radius 2 is 0.884 bits per heavy atom. The highest BCUT2D eigenvalue weighted by Crippen LogP contribution is 2.43. The predicted octanol–water partition coefficient (Wildman–Crippen LogP) is 13.8. The fourth-order valence-corrected chi connectivity index (χ4v) is 8.69. The Morgan fingerprint density at radius 1 is 0.478 bits per heavy atom. The summed E-state index contributed by atoms with van der Waals surface area (Å²) >= 11 is 2.21. The minimum atomic E-state index is -5.23. The molecule has 2 aromatic heterocycles. The molecule has 0 radical (unpaired) electrons. The average molecular weight is 1000 g/mol. The van der Waals surface area contributed by atoms with Crippen molar-refractivity contribution in [2.75, 3.05) is 38.2 Å². The van der Waals surface area contributed by atoms with Gasteiger partial charge in [-0.2, -0.15) is 39.5 Å². The molecule has 0 aliphatic heterocycles. The topological polar surface area (TPSA) is 103 Å². The van der Waals surface area contributed by atoms with E-state index in [1.54, 1.807) is 48.5 Å². The van der Waals surface area contributed by atoms with Crippen LogP contribution in [0.5, 0.6) is 23.0 Å². The van der Waals surface area contributed by atoms with E-state index in [0.29, 0.717) is 57.2 Å². The number of hydrogen-bond donors (Lipinski definition) is 0. The molecule has 0 unspecified atom stereocenters. The van der Waals surface area contributed by atoms with Crippen LogP contribution in [0.2, 0.25) is 0 Å². The average Bonchev–Trinajstić information content (AvgIpc) is 3.95. The van der Waals surface area contributed by atoms with Gasteiger partial charge in [-0.15, -0.1) is 0 Å². The van der Waals surface area contributed by atoms with Gasteiger partial charge in [-0.3, -0.25) is 19.4 Å². The van der Waals surface area contributed by atoms with Gasteiger partial charge in [0.15, 0.2) is 33.3 Å². The molecule has 0 aliphatic carbocycles. The minimum Gasteiger partial charge on any atom is -0.493 e. The first-order chi connectivity index (χ1) is 32.7. The molecule has 22 heteroatoms. The highest BCUT2D eigenvalue weighted by molar-refractivity contribution is 7.22. The molecule has 0 spiro atoms. The zero-order valence-corrected chi connectivity index (χ0v) is 37.5. The lowest BCUT2D eigenvalue weighted by molar-refractivity contribution is -0.143. The number of thiazole rings is 2. The normalized spacial score (nSPS) is 11.7. The summed E-state index contributed by atoms with van der Waals surface area (Å²) in [5.41, 5.74) is -4.47. The maximum Gasteiger partial charge on any atom is 0.417 e. The van der Waals surface area contributed by atoms with E-state index in [1.165, 1.54) is 64.0 Å². The van der Waals surface area contributed by atoms with Crippen molar-refractivity contribution in [2.24, 2.45) is 0 Å². The van der Waals surface area contributed by atoms with Crippen molar-refractivity contribution in [1.82, 2.24) is 9.97 Å². The summed E-state index contributed by atoms with van der Waals surface area (Å²) in [6, 6.07) is 25.5. The number of halogens is 10. The Labute approximate surface area is 392 Å². The van der Waals surface area contributed by atoms with Crippen molar-refractivity contribution in [3.63, 3.8) is 0 Å². The van der Waals surface area contributed by atoms with E-state index in [9.17, 15) is 53.5 Å². The molecule has 8 rings (SSSR count). The molecule has 2 heterocycles. The van der Waals surface area contributed by atoms with Crippen molar-refractivity contribution in [3.8, 4) is 23.0 Å². The number of benzene rings is 6. The molecule has 2 amide bonds. The number of ether oxygens (including phenoxy) is 4. The van der Waals surface area contributed by atoms with E-state index in [-0.39, 0.29) is 33.5 Å². The van der Waals surface area contributed by atoms with Gasteiger partial charge in [0, 0.05) is 12.1 Å². The number of methoxy groups -OCH3 is 4. The van der Waals surface area contributed by atoms with Crippen molar-refractivity contribution in [2.45, 2.75) is 18.5 Å². The first-order valence-electron chi connectivity index (χ1n) is 19.7. The molecule has 69 heavy (non-hydrogen) atoms. The summed E-state index contributed by atoms with van der Waals surface area (Å²) in [6.07, 6.45) is -15.0. The van der Waals surface area contributed by atoms with E-state index >= 15 is 0 Å². The first kappa shape index (κ1) is 49.4. The molecule has 0 saturated carbocycles. The fourth-order valence-electron chi connectivity index (χ4n) is 6.72. The van der Waals surface area contributed by atoms with Gasteiger partial charge < -0.3 is 18.9 Å². The third kappa shape index (κ3) is 10.5. The number of rotatable bonds is 10. The van der Waals surface area contributed by atoms with Gasteiger partial charge in [0.1, 0.15) is 5.82 Å². The molecule has 0 atom stereocenters. The number of carbonyl (C=O) groups excluding carboxylic acids is 2. The van der Waals surface area contributed by atoms with Crippen LogP contribution in [0.25, 0.3) is 20.4 Å². The highest BCUT2D eigenvalue weighted by Gasteiger charge is 2.41. The van der Waals surface area contributed by atoms with Gasteiger partial charge in [-0.25, -0.2) is 14.4 Å². The zero-order valence-electron chi connectivity index (χ0n) is 35.9. The lowest BCUT2D eigenvalue weighted by Crippen LogP contribution is -2.29. The number of anilines is 4. The van der Waals surface area contributed by atoms with Crippen molar-refractivity contribution in [1.29, 1.82) is 0 Å². The van der Waals surface area contributed by atoms with Crippen molar-refractivity contribution < 1.29 is 72.4 Å². The third-order valence-electron chi connectivity index (χ3n) is 10.0. The van der Waals surface area contributed by atoms with Crippen LogP contribution in [0, 0.1) is 5.82 Å². The molecule has 6 aromatic carbocycles. The largest absolute Gasteiger partial charge is 0.493 e. The number of hydrogen-bond acceptors (Lipinski definition) is 10. The Hall–Kier alpha value is -7.46. The lowest BCUT2D eigenvalue weighted by atomic mass is 10.0. The monoisotopic (exact) mass is 1000 g/mol. The minimum absolute atomic E-state index is 0.0152. The number of nitrogens with zero attached hydrogens (tertiary/aromatic N) is 4. The van der Waals surface area contributed by atoms with Crippen LogP contribution >= 0.6 is 22.7 Å². The van der Waals surface area contributed by atoms with Crippen LogP contribution in [0.3, 0.4) is 0 Å². The molecule has 8 aromatic rings. The Balaban J connectivity index is 0.000000205. The summed E-state index contributed by atoms with van der Waals surface area (Å²) in [4.78, 5) is 38.0. The maximum absolute atomic E-state index is 14.7. The summed E-state index contributed by atoms with van der Waals surface area (Å²) in [5.74, 6) is -2.21. The van der Waals surface area contributed by atoms with Crippen molar-refractivity contribution >= 4 is 76.6 Å². The summed E-state index contributed by atoms with van der Waals surface area (Å²) in [7, 11) is 5.58. The number of carbonyl (C=O) groups is 2. The molecular weight excluding hydrogens is 971 g/mol. The Kier molecular flexibility index (Phi) is 14.1. The van der Waals surface area contributed by atoms with E-state index < -0.39 is 64.0 Å². The van der Waals surface area contributed by atoms with Gasteiger partial charge in [0.2, 0.25) is 0 Å². The zero-order chi connectivity index (χ0) is 50.0. The number of alkyl halides is 9. The molecule has 10 nitrogen and oxygen atoms in total. The quantitative estimate of drug-likeness (QED) is 0.125. The second-order valence-electron chi connectivity index (χ2n) is 14.2. The van der Waals surface area contributed by atoms with Gasteiger partial charge in [0.25, 0.3) is 11.8 Å². The molecule has 0 saturated heterocycles. The van der Waals surface area contributed by atoms with E-state index in [0.717, 1.165) is 31.9 Å². The van der Waals surface area contributed by atoms with Crippen LogP contribution in [0.4, 0.5) is 65.5 Å². The standard InChI is InChI=1S/C24H16F6N2O3S.C23H16F4N2O3S/c1-34-18-10-8-14(12-19(18)35-2)32(22-31-17-5-3-4-6-20(17)36-22)21(33)15-9-7-13(23(25,26)27)11-16(15)24(28,29)30;1-31-18-10-8-14(12-19(18)32-2)29(22-28-17-5-3-4-6-20(17)33-22)21(30)15-9-7-13(11-16(15)24)23(25,26)27/h3-12H,1-2H3;3-12H,1-2H3. The van der Waals surface area contributed by atoms with Gasteiger partial charge in [0.05, 0.1) is 88.1 Å². The van der Waals surface area contributed by atoms with Crippen LogP contribution in [-0.4, -0.2) is 50.2 Å². The maximum atomic E-state index is 14.7. The molecule has 358 valence electrons. The van der Waals surface area contributed by atoms with E-state index in [2.05, 4.69) is 9.97 Å². The second kappa shape index (κ2) is 19.6. The number of para-hydroxylation sites is 2. The number of amides is 2. The lowest BCUT2D eigenvalue weighted by Gasteiger charge is -2.23. The first-order valence-corrected chi connectivity index (χ1v) is 21.3. The SMILES string of the molecule is COc1ccc(N(C(=O)c2ccc(C(F)(F)F)cc2C(F)(F)F)c2nc3ccccc3s2)cc1OC.COc1ccc(N(C(=O)c2ccc(C(F)(F)F)cc2F)c2nc3ccccc3s2)cc1OC. The van der Waals surface area contributed by atoms with Gasteiger partial charge >= 0.3 is 18.5 Å². The van der Waals surface area contributed by atoms with Crippen LogP contribution in [-0.2, 0) is 18.5 Å².